The standard InChI is InChI=1S/C10H20N2O3/c1-8(6-10(11)12-13)15-7-9-2-4-14-5-3-9/h8-9,13H,2-7H2,1H3,(H2,11,12). The van der Waals surface area contributed by atoms with Gasteiger partial charge in [-0.15, -0.1) is 0 Å². The molecule has 0 aromatic carbocycles. The first-order valence-corrected chi connectivity index (χ1v) is 5.38. The third-order valence-corrected chi connectivity index (χ3v) is 2.58. The molecule has 0 aromatic heterocycles. The molecule has 1 saturated heterocycles. The lowest BCUT2D eigenvalue weighted by atomic mass is 10.0. The first-order valence-electron chi connectivity index (χ1n) is 5.38. The number of oxime groups is 1. The van der Waals surface area contributed by atoms with Gasteiger partial charge < -0.3 is 20.4 Å². The van der Waals surface area contributed by atoms with Crippen LogP contribution in [-0.2, 0) is 9.47 Å². The Labute approximate surface area is 90.2 Å². The van der Waals surface area contributed by atoms with Crippen LogP contribution in [0.2, 0.25) is 0 Å². The Morgan fingerprint density at radius 2 is 2.27 bits per heavy atom. The van der Waals surface area contributed by atoms with Gasteiger partial charge in [-0.2, -0.15) is 0 Å². The second kappa shape index (κ2) is 6.63. The van der Waals surface area contributed by atoms with Crippen molar-refractivity contribution in [3.63, 3.8) is 0 Å². The van der Waals surface area contributed by atoms with Crippen molar-refractivity contribution in [1.82, 2.24) is 0 Å². The van der Waals surface area contributed by atoms with Crippen molar-refractivity contribution in [2.24, 2.45) is 16.8 Å². The zero-order valence-corrected chi connectivity index (χ0v) is 9.19. The van der Waals surface area contributed by atoms with E-state index in [-0.39, 0.29) is 11.9 Å². The molecule has 1 heterocycles. The predicted molar refractivity (Wildman–Crippen MR) is 57.0 cm³/mol. The Kier molecular flexibility index (Phi) is 5.42. The summed E-state index contributed by atoms with van der Waals surface area (Å²) in [5, 5.41) is 11.3. The number of amidine groups is 1. The van der Waals surface area contributed by atoms with Gasteiger partial charge in [-0.05, 0) is 25.7 Å². The summed E-state index contributed by atoms with van der Waals surface area (Å²) in [4.78, 5) is 0. The van der Waals surface area contributed by atoms with Crippen LogP contribution in [-0.4, -0.2) is 37.0 Å². The molecule has 0 saturated carbocycles. The molecule has 0 bridgehead atoms. The zero-order chi connectivity index (χ0) is 11.1. The Hall–Kier alpha value is -0.810. The van der Waals surface area contributed by atoms with Gasteiger partial charge in [-0.1, -0.05) is 5.16 Å². The van der Waals surface area contributed by atoms with Crippen LogP contribution in [0.5, 0.6) is 0 Å². The lowest BCUT2D eigenvalue weighted by Gasteiger charge is -2.23. The van der Waals surface area contributed by atoms with Gasteiger partial charge in [-0.3, -0.25) is 0 Å². The normalized spacial score (nSPS) is 21.5. The van der Waals surface area contributed by atoms with E-state index in [1.54, 1.807) is 0 Å². The topological polar surface area (TPSA) is 77.1 Å². The molecule has 1 aliphatic heterocycles. The maximum absolute atomic E-state index is 8.39. The Balaban J connectivity index is 2.12. The van der Waals surface area contributed by atoms with Gasteiger partial charge in [0, 0.05) is 26.2 Å². The predicted octanol–water partition coefficient (Wildman–Crippen LogP) is 0.955. The highest BCUT2D eigenvalue weighted by molar-refractivity contribution is 5.79. The molecule has 88 valence electrons. The van der Waals surface area contributed by atoms with Crippen LogP contribution < -0.4 is 5.73 Å². The molecule has 5 nitrogen and oxygen atoms in total. The van der Waals surface area contributed by atoms with Crippen LogP contribution in [0.4, 0.5) is 0 Å². The van der Waals surface area contributed by atoms with Crippen molar-refractivity contribution in [3.05, 3.63) is 0 Å². The lowest BCUT2D eigenvalue weighted by Crippen LogP contribution is -2.25. The molecule has 1 rings (SSSR count). The Morgan fingerprint density at radius 1 is 1.60 bits per heavy atom. The second-order valence-corrected chi connectivity index (χ2v) is 4.00. The third kappa shape index (κ3) is 4.99. The minimum absolute atomic E-state index is 0.00347. The summed E-state index contributed by atoms with van der Waals surface area (Å²) < 4.78 is 10.9. The molecule has 15 heavy (non-hydrogen) atoms. The number of hydrogen-bond acceptors (Lipinski definition) is 4. The van der Waals surface area contributed by atoms with Crippen LogP contribution in [0.25, 0.3) is 0 Å². The van der Waals surface area contributed by atoms with E-state index in [1.807, 2.05) is 6.92 Å². The van der Waals surface area contributed by atoms with Crippen molar-refractivity contribution >= 4 is 5.84 Å². The minimum Gasteiger partial charge on any atom is -0.409 e. The molecule has 1 fully saturated rings. The average Bonchev–Trinajstić information content (AvgIpc) is 2.27. The molecule has 0 aliphatic carbocycles. The van der Waals surface area contributed by atoms with Gasteiger partial charge >= 0.3 is 0 Å². The van der Waals surface area contributed by atoms with E-state index in [2.05, 4.69) is 5.16 Å². The Morgan fingerprint density at radius 3 is 2.87 bits per heavy atom. The highest BCUT2D eigenvalue weighted by atomic mass is 16.5. The Bertz CT molecular complexity index is 203. The summed E-state index contributed by atoms with van der Waals surface area (Å²) in [7, 11) is 0. The van der Waals surface area contributed by atoms with Crippen LogP contribution in [0.1, 0.15) is 26.2 Å². The van der Waals surface area contributed by atoms with Crippen molar-refractivity contribution in [2.75, 3.05) is 19.8 Å². The molecule has 0 radical (unpaired) electrons. The summed E-state index contributed by atoms with van der Waals surface area (Å²) in [5.74, 6) is 0.808. The quantitative estimate of drug-likeness (QED) is 0.310. The van der Waals surface area contributed by atoms with E-state index in [0.717, 1.165) is 32.7 Å². The van der Waals surface area contributed by atoms with E-state index in [1.165, 1.54) is 0 Å². The van der Waals surface area contributed by atoms with Gasteiger partial charge in [0.05, 0.1) is 6.10 Å². The van der Waals surface area contributed by atoms with Crippen molar-refractivity contribution in [3.8, 4) is 0 Å². The van der Waals surface area contributed by atoms with Crippen molar-refractivity contribution in [2.45, 2.75) is 32.3 Å². The largest absolute Gasteiger partial charge is 0.409 e. The van der Waals surface area contributed by atoms with Gasteiger partial charge in [-0.25, -0.2) is 0 Å². The van der Waals surface area contributed by atoms with Crippen molar-refractivity contribution < 1.29 is 14.7 Å². The molecular formula is C10H20N2O3. The fourth-order valence-electron chi connectivity index (χ4n) is 1.61. The van der Waals surface area contributed by atoms with E-state index in [0.29, 0.717) is 12.3 Å². The lowest BCUT2D eigenvalue weighted by molar-refractivity contribution is -0.00276. The van der Waals surface area contributed by atoms with Crippen LogP contribution >= 0.6 is 0 Å². The number of ether oxygens (including phenoxy) is 2. The second-order valence-electron chi connectivity index (χ2n) is 4.00. The highest BCUT2D eigenvalue weighted by Crippen LogP contribution is 2.15. The number of nitrogens with two attached hydrogens (primary N) is 1. The van der Waals surface area contributed by atoms with Crippen LogP contribution in [0.15, 0.2) is 5.16 Å². The van der Waals surface area contributed by atoms with Crippen molar-refractivity contribution in [1.29, 1.82) is 0 Å². The molecule has 0 spiro atoms. The smallest absolute Gasteiger partial charge is 0.141 e. The summed E-state index contributed by atoms with van der Waals surface area (Å²) in [6.07, 6.45) is 2.61. The number of hydrogen-bond donors (Lipinski definition) is 2. The number of rotatable bonds is 5. The molecule has 1 aliphatic rings. The van der Waals surface area contributed by atoms with Gasteiger partial charge in [0.1, 0.15) is 5.84 Å². The van der Waals surface area contributed by atoms with Crippen LogP contribution in [0, 0.1) is 5.92 Å². The molecule has 5 heteroatoms. The molecule has 3 N–H and O–H groups in total. The monoisotopic (exact) mass is 216 g/mol. The molecule has 0 aromatic rings. The van der Waals surface area contributed by atoms with E-state index in [9.17, 15) is 0 Å². The SMILES string of the molecule is CC(CC(N)=NO)OCC1CCOCC1. The first-order chi connectivity index (χ1) is 7.22. The minimum atomic E-state index is 0.00347. The highest BCUT2D eigenvalue weighted by Gasteiger charge is 2.15. The molecule has 1 unspecified atom stereocenters. The maximum Gasteiger partial charge on any atom is 0.141 e. The molecule has 0 amide bonds. The third-order valence-electron chi connectivity index (χ3n) is 2.58. The summed E-state index contributed by atoms with van der Waals surface area (Å²) >= 11 is 0. The summed E-state index contributed by atoms with van der Waals surface area (Å²) in [5.41, 5.74) is 5.38. The molecular weight excluding hydrogens is 196 g/mol. The summed E-state index contributed by atoms with van der Waals surface area (Å²) in [6, 6.07) is 0. The van der Waals surface area contributed by atoms with E-state index < -0.39 is 0 Å². The van der Waals surface area contributed by atoms with E-state index in [4.69, 9.17) is 20.4 Å². The van der Waals surface area contributed by atoms with E-state index >= 15 is 0 Å². The fourth-order valence-corrected chi connectivity index (χ4v) is 1.61. The average molecular weight is 216 g/mol. The van der Waals surface area contributed by atoms with Gasteiger partial charge in [0.15, 0.2) is 0 Å². The maximum atomic E-state index is 8.39. The molecule has 1 atom stereocenters. The van der Waals surface area contributed by atoms with Gasteiger partial charge in [0.2, 0.25) is 0 Å². The number of nitrogens with zero attached hydrogens (tertiary/aromatic N) is 1. The summed E-state index contributed by atoms with van der Waals surface area (Å²) in [6.45, 7) is 4.34. The van der Waals surface area contributed by atoms with Gasteiger partial charge in [0.25, 0.3) is 0 Å². The zero-order valence-electron chi connectivity index (χ0n) is 9.19. The first kappa shape index (κ1) is 12.3. The fraction of sp³-hybridized carbons (Fsp3) is 0.900. The van der Waals surface area contributed by atoms with Crippen LogP contribution in [0.3, 0.4) is 0 Å².